The highest BCUT2D eigenvalue weighted by molar-refractivity contribution is 7.80. The summed E-state index contributed by atoms with van der Waals surface area (Å²) >= 11 is 4.48. The first kappa shape index (κ1) is 15.3. The summed E-state index contributed by atoms with van der Waals surface area (Å²) in [6, 6.07) is 0.588. The molecule has 0 bridgehead atoms. The van der Waals surface area contributed by atoms with Crippen molar-refractivity contribution in [3.63, 3.8) is 0 Å². The Bertz CT molecular complexity index is 208. The van der Waals surface area contributed by atoms with Gasteiger partial charge in [-0.05, 0) is 50.3 Å². The second-order valence-electron chi connectivity index (χ2n) is 5.92. The summed E-state index contributed by atoms with van der Waals surface area (Å²) in [5.41, 5.74) is 0. The lowest BCUT2D eigenvalue weighted by atomic mass is 9.92. The van der Waals surface area contributed by atoms with Crippen molar-refractivity contribution in [1.29, 1.82) is 0 Å². The van der Waals surface area contributed by atoms with Crippen molar-refractivity contribution in [2.75, 3.05) is 18.8 Å². The number of aliphatic hydroxyl groups is 1. The van der Waals surface area contributed by atoms with Gasteiger partial charge in [-0.2, -0.15) is 12.6 Å². The van der Waals surface area contributed by atoms with E-state index in [4.69, 9.17) is 0 Å². The number of hydrogen-bond acceptors (Lipinski definition) is 3. The molecule has 1 aliphatic heterocycles. The third-order valence-corrected chi connectivity index (χ3v) is 4.48. The molecule has 3 unspecified atom stereocenters. The summed E-state index contributed by atoms with van der Waals surface area (Å²) in [7, 11) is 0. The van der Waals surface area contributed by atoms with Crippen LogP contribution in [0.4, 0.5) is 0 Å². The topological polar surface area (TPSA) is 23.5 Å². The van der Waals surface area contributed by atoms with Crippen molar-refractivity contribution < 1.29 is 5.11 Å². The average Bonchev–Trinajstić information content (AvgIpc) is 2.26. The molecule has 0 spiro atoms. The average molecular weight is 259 g/mol. The Kier molecular flexibility index (Phi) is 6.90. The molecule has 0 aliphatic carbocycles. The molecule has 2 nitrogen and oxygen atoms in total. The van der Waals surface area contributed by atoms with Crippen LogP contribution in [0.2, 0.25) is 0 Å². The molecule has 17 heavy (non-hydrogen) atoms. The third-order valence-electron chi connectivity index (χ3n) is 4.01. The number of piperidine rings is 1. The van der Waals surface area contributed by atoms with E-state index < -0.39 is 0 Å². The lowest BCUT2D eigenvalue weighted by molar-refractivity contribution is 0.0720. The molecule has 1 aliphatic rings. The Morgan fingerprint density at radius 1 is 1.29 bits per heavy atom. The van der Waals surface area contributed by atoms with Crippen LogP contribution < -0.4 is 0 Å². The standard InChI is InChI=1S/C14H29NOS/c1-11(2)13(10-17)9-15-7-5-4-6-14(15)8-12(3)16/h11-14,16-17H,4-10H2,1-3H3. The van der Waals surface area contributed by atoms with Gasteiger partial charge in [0.15, 0.2) is 0 Å². The van der Waals surface area contributed by atoms with Gasteiger partial charge in [-0.25, -0.2) is 0 Å². The largest absolute Gasteiger partial charge is 0.393 e. The Balaban J connectivity index is 2.52. The van der Waals surface area contributed by atoms with Crippen LogP contribution in [0.25, 0.3) is 0 Å². The zero-order valence-corrected chi connectivity index (χ0v) is 12.5. The monoisotopic (exact) mass is 259 g/mol. The van der Waals surface area contributed by atoms with Gasteiger partial charge >= 0.3 is 0 Å². The first-order valence-electron chi connectivity index (χ1n) is 7.07. The smallest absolute Gasteiger partial charge is 0.0527 e. The van der Waals surface area contributed by atoms with Crippen LogP contribution in [-0.4, -0.2) is 41.0 Å². The zero-order chi connectivity index (χ0) is 12.8. The van der Waals surface area contributed by atoms with E-state index in [2.05, 4.69) is 31.4 Å². The molecule has 0 aromatic rings. The van der Waals surface area contributed by atoms with Crippen LogP contribution >= 0.6 is 12.6 Å². The van der Waals surface area contributed by atoms with E-state index in [0.29, 0.717) is 17.9 Å². The van der Waals surface area contributed by atoms with Crippen molar-refractivity contribution in [2.45, 2.75) is 58.6 Å². The second kappa shape index (κ2) is 7.65. The Hall–Kier alpha value is 0.270. The fourth-order valence-electron chi connectivity index (χ4n) is 2.74. The molecule has 0 saturated carbocycles. The number of thiol groups is 1. The maximum Gasteiger partial charge on any atom is 0.0527 e. The van der Waals surface area contributed by atoms with E-state index in [9.17, 15) is 5.11 Å². The lowest BCUT2D eigenvalue weighted by Gasteiger charge is -2.39. The zero-order valence-electron chi connectivity index (χ0n) is 11.6. The first-order valence-corrected chi connectivity index (χ1v) is 7.70. The van der Waals surface area contributed by atoms with Crippen molar-refractivity contribution in [2.24, 2.45) is 11.8 Å². The molecule has 1 fully saturated rings. The quantitative estimate of drug-likeness (QED) is 0.717. The molecule has 102 valence electrons. The van der Waals surface area contributed by atoms with Gasteiger partial charge in [0, 0.05) is 12.6 Å². The number of nitrogens with zero attached hydrogens (tertiary/aromatic N) is 1. The molecule has 3 heteroatoms. The summed E-state index contributed by atoms with van der Waals surface area (Å²) in [6.45, 7) is 8.83. The van der Waals surface area contributed by atoms with E-state index in [1.807, 2.05) is 6.92 Å². The van der Waals surface area contributed by atoms with E-state index in [1.54, 1.807) is 0 Å². The van der Waals surface area contributed by atoms with Crippen LogP contribution in [-0.2, 0) is 0 Å². The van der Waals surface area contributed by atoms with Crippen LogP contribution in [0.1, 0.15) is 46.5 Å². The lowest BCUT2D eigenvalue weighted by Crippen LogP contribution is -2.44. The number of likely N-dealkylation sites (tertiary alicyclic amines) is 1. The number of aliphatic hydroxyl groups excluding tert-OH is 1. The molecule has 1 saturated heterocycles. The fraction of sp³-hybridized carbons (Fsp3) is 1.00. The second-order valence-corrected chi connectivity index (χ2v) is 6.28. The normalized spacial score (nSPS) is 26.1. The summed E-state index contributed by atoms with van der Waals surface area (Å²) in [5.74, 6) is 2.34. The Morgan fingerprint density at radius 2 is 2.00 bits per heavy atom. The van der Waals surface area contributed by atoms with E-state index in [0.717, 1.165) is 18.7 Å². The maximum atomic E-state index is 9.58. The highest BCUT2D eigenvalue weighted by Crippen LogP contribution is 2.24. The van der Waals surface area contributed by atoms with E-state index in [-0.39, 0.29) is 6.10 Å². The SMILES string of the molecule is CC(O)CC1CCCCN1CC(CS)C(C)C. The van der Waals surface area contributed by atoms with Gasteiger partial charge in [0.2, 0.25) is 0 Å². The molecule has 1 rings (SSSR count). The van der Waals surface area contributed by atoms with Gasteiger partial charge in [0.25, 0.3) is 0 Å². The highest BCUT2D eigenvalue weighted by atomic mass is 32.1. The van der Waals surface area contributed by atoms with Gasteiger partial charge in [0.05, 0.1) is 6.10 Å². The van der Waals surface area contributed by atoms with Gasteiger partial charge < -0.3 is 5.11 Å². The summed E-state index contributed by atoms with van der Waals surface area (Å²) in [4.78, 5) is 2.59. The van der Waals surface area contributed by atoms with Gasteiger partial charge in [0.1, 0.15) is 0 Å². The van der Waals surface area contributed by atoms with Crippen molar-refractivity contribution >= 4 is 12.6 Å². The first-order chi connectivity index (χ1) is 8.04. The summed E-state index contributed by atoms with van der Waals surface area (Å²) < 4.78 is 0. The minimum absolute atomic E-state index is 0.172. The minimum atomic E-state index is -0.172. The highest BCUT2D eigenvalue weighted by Gasteiger charge is 2.26. The van der Waals surface area contributed by atoms with Crippen molar-refractivity contribution in [3.05, 3.63) is 0 Å². The molecule has 1 N–H and O–H groups in total. The molecule has 0 aromatic heterocycles. The molecular formula is C14H29NOS. The van der Waals surface area contributed by atoms with E-state index in [1.165, 1.54) is 25.8 Å². The van der Waals surface area contributed by atoms with Crippen LogP contribution in [0.15, 0.2) is 0 Å². The molecule has 0 radical (unpaired) electrons. The molecule has 1 heterocycles. The minimum Gasteiger partial charge on any atom is -0.393 e. The summed E-state index contributed by atoms with van der Waals surface area (Å²) in [6.07, 6.45) is 4.64. The van der Waals surface area contributed by atoms with Crippen molar-refractivity contribution in [3.8, 4) is 0 Å². The number of hydrogen-bond donors (Lipinski definition) is 2. The van der Waals surface area contributed by atoms with Gasteiger partial charge in [-0.1, -0.05) is 20.3 Å². The molecule has 0 aromatic carbocycles. The molecule has 0 amide bonds. The van der Waals surface area contributed by atoms with Crippen LogP contribution in [0.5, 0.6) is 0 Å². The van der Waals surface area contributed by atoms with Crippen molar-refractivity contribution in [1.82, 2.24) is 4.90 Å². The van der Waals surface area contributed by atoms with Gasteiger partial charge in [-0.3, -0.25) is 4.90 Å². The molecule has 3 atom stereocenters. The van der Waals surface area contributed by atoms with Gasteiger partial charge in [-0.15, -0.1) is 0 Å². The predicted octanol–water partition coefficient (Wildman–Crippen LogP) is 2.81. The predicted molar refractivity (Wildman–Crippen MR) is 77.7 cm³/mol. The number of rotatable bonds is 6. The summed E-state index contributed by atoms with van der Waals surface area (Å²) in [5, 5.41) is 9.58. The Labute approximate surface area is 112 Å². The third kappa shape index (κ3) is 5.19. The van der Waals surface area contributed by atoms with Crippen LogP contribution in [0.3, 0.4) is 0 Å². The van der Waals surface area contributed by atoms with E-state index >= 15 is 0 Å². The maximum absolute atomic E-state index is 9.58. The fourth-order valence-corrected chi connectivity index (χ4v) is 3.28. The van der Waals surface area contributed by atoms with Crippen LogP contribution in [0, 0.1) is 11.8 Å². The molecular weight excluding hydrogens is 230 g/mol. The Morgan fingerprint density at radius 3 is 2.53 bits per heavy atom.